The van der Waals surface area contributed by atoms with E-state index >= 15 is 0 Å². The van der Waals surface area contributed by atoms with Crippen LogP contribution in [-0.2, 0) is 9.53 Å². The number of unbranched alkanes of at least 4 members (excludes halogenated alkanes) is 1. The Bertz CT molecular complexity index is 728. The Morgan fingerprint density at radius 2 is 1.79 bits per heavy atom. The molecule has 0 aromatic rings. The molecule has 34 heavy (non-hydrogen) atoms. The molecule has 0 amide bonds. The zero-order valence-electron chi connectivity index (χ0n) is 22.6. The number of hydrogen-bond acceptors (Lipinski definition) is 3. The highest BCUT2D eigenvalue weighted by molar-refractivity contribution is 5.66. The van der Waals surface area contributed by atoms with Crippen molar-refractivity contribution in [2.24, 2.45) is 5.41 Å². The predicted molar refractivity (Wildman–Crippen MR) is 148 cm³/mol. The van der Waals surface area contributed by atoms with E-state index in [0.29, 0.717) is 0 Å². The summed E-state index contributed by atoms with van der Waals surface area (Å²) in [5.74, 6) is -0.231. The second-order valence-electron chi connectivity index (χ2n) is 11.1. The molecular formula is C31H54O3. The molecule has 0 spiro atoms. The van der Waals surface area contributed by atoms with Gasteiger partial charge in [0.1, 0.15) is 6.10 Å². The van der Waals surface area contributed by atoms with E-state index in [1.165, 1.54) is 30.9 Å². The average molecular weight is 475 g/mol. The van der Waals surface area contributed by atoms with Gasteiger partial charge in [0.2, 0.25) is 0 Å². The van der Waals surface area contributed by atoms with Gasteiger partial charge in [0.15, 0.2) is 0 Å². The van der Waals surface area contributed by atoms with E-state index in [4.69, 9.17) is 4.74 Å². The summed E-state index contributed by atoms with van der Waals surface area (Å²) in [5, 5.41) is 9.95. The van der Waals surface area contributed by atoms with Crippen LogP contribution in [0.15, 0.2) is 47.1 Å². The molecule has 3 nitrogen and oxygen atoms in total. The number of hydrogen-bond donors (Lipinski definition) is 1. The zero-order chi connectivity index (χ0) is 25.1. The Morgan fingerprint density at radius 1 is 1.12 bits per heavy atom. The van der Waals surface area contributed by atoms with Crippen molar-refractivity contribution in [3.05, 3.63) is 47.1 Å². The summed E-state index contributed by atoms with van der Waals surface area (Å²) in [6.45, 7) is 18.6. The second kappa shape index (κ2) is 15.4. The van der Waals surface area contributed by atoms with E-state index in [9.17, 15) is 9.90 Å². The van der Waals surface area contributed by atoms with Gasteiger partial charge < -0.3 is 9.84 Å². The fourth-order valence-corrected chi connectivity index (χ4v) is 4.67. The molecule has 1 fully saturated rings. The van der Waals surface area contributed by atoms with E-state index in [0.717, 1.165) is 63.4 Å². The first kappa shape index (κ1) is 32.4. The molecule has 1 saturated carbocycles. The summed E-state index contributed by atoms with van der Waals surface area (Å²) in [7, 11) is 0. The summed E-state index contributed by atoms with van der Waals surface area (Å²) in [6, 6.07) is 0. The van der Waals surface area contributed by atoms with E-state index < -0.39 is 5.60 Å². The molecule has 0 saturated heterocycles. The van der Waals surface area contributed by atoms with Crippen LogP contribution >= 0.6 is 0 Å². The number of esters is 1. The molecule has 1 atom stereocenters. The first-order valence-electron chi connectivity index (χ1n) is 13.0. The van der Waals surface area contributed by atoms with Crippen molar-refractivity contribution in [3.63, 3.8) is 0 Å². The summed E-state index contributed by atoms with van der Waals surface area (Å²) < 4.78 is 5.42. The molecule has 0 aromatic heterocycles. The third-order valence-corrected chi connectivity index (χ3v) is 6.77. The first-order chi connectivity index (χ1) is 15.4. The smallest absolute Gasteiger partial charge is 0.303 e. The number of allylic oxidation sites excluding steroid dienone is 5. The van der Waals surface area contributed by atoms with Crippen LogP contribution in [0.25, 0.3) is 0 Å². The lowest BCUT2D eigenvalue weighted by atomic mass is 9.76. The molecule has 0 radical (unpaired) electrons. The van der Waals surface area contributed by atoms with Crippen molar-refractivity contribution in [1.29, 1.82) is 0 Å². The molecule has 0 bridgehead atoms. The number of ether oxygens (including phenoxy) is 1. The van der Waals surface area contributed by atoms with Crippen LogP contribution in [0.4, 0.5) is 0 Å². The lowest BCUT2D eigenvalue weighted by molar-refractivity contribution is -0.145. The van der Waals surface area contributed by atoms with Crippen molar-refractivity contribution < 1.29 is 14.6 Å². The highest BCUT2D eigenvalue weighted by atomic mass is 16.5. The fourth-order valence-electron chi connectivity index (χ4n) is 4.67. The largest absolute Gasteiger partial charge is 0.458 e. The van der Waals surface area contributed by atoms with E-state index in [2.05, 4.69) is 52.5 Å². The Balaban J connectivity index is 0.0000109. The molecular weight excluding hydrogens is 420 g/mol. The lowest BCUT2D eigenvalue weighted by Gasteiger charge is -2.29. The van der Waals surface area contributed by atoms with Gasteiger partial charge in [-0.3, -0.25) is 4.79 Å². The fraction of sp³-hybridized carbons (Fsp3) is 0.710. The van der Waals surface area contributed by atoms with Gasteiger partial charge in [-0.25, -0.2) is 0 Å². The topological polar surface area (TPSA) is 46.5 Å². The van der Waals surface area contributed by atoms with E-state index in [1.54, 1.807) is 5.57 Å². The van der Waals surface area contributed by atoms with Gasteiger partial charge in [-0.05, 0) is 102 Å². The maximum Gasteiger partial charge on any atom is 0.303 e. The molecule has 1 N–H and O–H groups in total. The standard InChI is InChI=1S/C30H50O3.CH4/c1-9-14-27(17-10-11-22-30(7,8)32)29(5,6)21-13-15-23(2)19-20-26-16-12-18-28(24(26)3)33-25(4)31;/h14,19-20,28,32H,3,9-13,15-18,21-22H2,1-2,4-8H3;1H4/b23-19-,26-20-,27-14-;. The van der Waals surface area contributed by atoms with Gasteiger partial charge in [-0.2, -0.15) is 0 Å². The zero-order valence-corrected chi connectivity index (χ0v) is 22.6. The predicted octanol–water partition coefficient (Wildman–Crippen LogP) is 9.03. The number of carbonyl (C=O) groups is 1. The molecule has 0 heterocycles. The van der Waals surface area contributed by atoms with Crippen LogP contribution in [0, 0.1) is 5.41 Å². The molecule has 1 rings (SSSR count). The van der Waals surface area contributed by atoms with Crippen LogP contribution in [0.2, 0.25) is 0 Å². The SMILES string of the molecule is C.C=C1/C(=C\C=C(\C)CCCC(C)(C)/C(=C\CC)CCCCC(C)(C)O)CCCC1OC(C)=O. The van der Waals surface area contributed by atoms with Gasteiger partial charge in [0.05, 0.1) is 5.60 Å². The number of carbonyl (C=O) groups excluding carboxylic acids is 1. The van der Waals surface area contributed by atoms with Crippen LogP contribution in [0.5, 0.6) is 0 Å². The Morgan fingerprint density at radius 3 is 2.38 bits per heavy atom. The summed E-state index contributed by atoms with van der Waals surface area (Å²) >= 11 is 0. The normalized spacial score (nSPS) is 19.2. The first-order valence-corrected chi connectivity index (χ1v) is 13.0. The van der Waals surface area contributed by atoms with Crippen molar-refractivity contribution >= 4 is 5.97 Å². The van der Waals surface area contributed by atoms with Gasteiger partial charge in [-0.15, -0.1) is 0 Å². The van der Waals surface area contributed by atoms with Gasteiger partial charge in [0, 0.05) is 6.92 Å². The number of rotatable bonds is 13. The maximum absolute atomic E-state index is 11.3. The summed E-state index contributed by atoms with van der Waals surface area (Å²) in [4.78, 5) is 11.3. The molecule has 3 heteroatoms. The van der Waals surface area contributed by atoms with Crippen LogP contribution in [0.1, 0.15) is 127 Å². The second-order valence-corrected chi connectivity index (χ2v) is 11.1. The molecule has 0 aliphatic heterocycles. The lowest BCUT2D eigenvalue weighted by Crippen LogP contribution is -2.23. The Kier molecular flexibility index (Phi) is 14.7. The quantitative estimate of drug-likeness (QED) is 0.164. The Hall–Kier alpha value is -1.61. The molecule has 1 aliphatic rings. The van der Waals surface area contributed by atoms with E-state index in [1.807, 2.05) is 13.8 Å². The Labute approximate surface area is 211 Å². The van der Waals surface area contributed by atoms with Crippen LogP contribution in [0.3, 0.4) is 0 Å². The van der Waals surface area contributed by atoms with Crippen molar-refractivity contribution in [2.45, 2.75) is 138 Å². The highest BCUT2D eigenvalue weighted by Crippen LogP contribution is 2.36. The summed E-state index contributed by atoms with van der Waals surface area (Å²) in [6.07, 6.45) is 18.3. The minimum absolute atomic E-state index is 0. The maximum atomic E-state index is 11.3. The van der Waals surface area contributed by atoms with Crippen molar-refractivity contribution in [2.75, 3.05) is 0 Å². The highest BCUT2D eigenvalue weighted by Gasteiger charge is 2.24. The van der Waals surface area contributed by atoms with Crippen molar-refractivity contribution in [3.8, 4) is 0 Å². The minimum Gasteiger partial charge on any atom is -0.458 e. The molecule has 0 aromatic carbocycles. The van der Waals surface area contributed by atoms with Crippen LogP contribution < -0.4 is 0 Å². The van der Waals surface area contributed by atoms with Gasteiger partial charge in [0.25, 0.3) is 0 Å². The minimum atomic E-state index is -0.561. The third-order valence-electron chi connectivity index (χ3n) is 6.77. The molecule has 1 aliphatic carbocycles. The molecule has 196 valence electrons. The van der Waals surface area contributed by atoms with Crippen LogP contribution in [-0.4, -0.2) is 22.8 Å². The third kappa shape index (κ3) is 12.7. The van der Waals surface area contributed by atoms with Gasteiger partial charge >= 0.3 is 5.97 Å². The monoisotopic (exact) mass is 474 g/mol. The van der Waals surface area contributed by atoms with E-state index in [-0.39, 0.29) is 24.9 Å². The average Bonchev–Trinajstić information content (AvgIpc) is 2.69. The summed E-state index contributed by atoms with van der Waals surface area (Å²) in [5.41, 5.74) is 4.77. The van der Waals surface area contributed by atoms with Gasteiger partial charge in [-0.1, -0.05) is 70.6 Å². The molecule has 1 unspecified atom stereocenters. The van der Waals surface area contributed by atoms with Crippen molar-refractivity contribution in [1.82, 2.24) is 0 Å². The number of aliphatic hydroxyl groups is 1.